The molecule has 4 nitrogen and oxygen atoms in total. The molecule has 0 aliphatic carbocycles. The molecule has 1 aliphatic heterocycles. The Balaban J connectivity index is 2.16. The van der Waals surface area contributed by atoms with Gasteiger partial charge in [-0.1, -0.05) is 12.1 Å². The number of amides is 1. The van der Waals surface area contributed by atoms with E-state index in [9.17, 15) is 4.79 Å². The first-order valence-electron chi connectivity index (χ1n) is 6.63. The monoisotopic (exact) mass is 290 g/mol. The number of hydrogen-bond acceptors (Lipinski definition) is 4. The second-order valence-electron chi connectivity index (χ2n) is 4.62. The van der Waals surface area contributed by atoms with E-state index in [4.69, 9.17) is 10.00 Å². The summed E-state index contributed by atoms with van der Waals surface area (Å²) in [6, 6.07) is 9.82. The molecule has 1 fully saturated rings. The highest BCUT2D eigenvalue weighted by Gasteiger charge is 2.19. The predicted molar refractivity (Wildman–Crippen MR) is 79.7 cm³/mol. The van der Waals surface area contributed by atoms with Crippen LogP contribution in [0.3, 0.4) is 0 Å². The van der Waals surface area contributed by atoms with Gasteiger partial charge in [0, 0.05) is 23.9 Å². The van der Waals surface area contributed by atoms with Crippen molar-refractivity contribution in [2.45, 2.75) is 11.7 Å². The van der Waals surface area contributed by atoms with Crippen LogP contribution >= 0.6 is 11.8 Å². The lowest BCUT2D eigenvalue weighted by molar-refractivity contribution is 0.0303. The van der Waals surface area contributed by atoms with E-state index < -0.39 is 0 Å². The van der Waals surface area contributed by atoms with E-state index in [0.29, 0.717) is 38.3 Å². The Morgan fingerprint density at radius 2 is 2.25 bits per heavy atom. The molecule has 1 aromatic rings. The maximum Gasteiger partial charge on any atom is 0.254 e. The second kappa shape index (κ2) is 7.32. The molecule has 0 spiro atoms. The van der Waals surface area contributed by atoms with E-state index in [0.717, 1.165) is 5.56 Å². The molecule has 1 amide bonds. The standard InChI is InChI=1S/C15H18N2O2S/c1-20-14(5-6-16)12-3-2-4-13(11-12)15(18)17-7-9-19-10-8-17/h2-4,11,14H,5,7-10H2,1H3. The van der Waals surface area contributed by atoms with Gasteiger partial charge in [-0.15, -0.1) is 0 Å². The highest BCUT2D eigenvalue weighted by molar-refractivity contribution is 7.98. The Hall–Kier alpha value is -1.51. The number of morpholine rings is 1. The highest BCUT2D eigenvalue weighted by Crippen LogP contribution is 2.30. The van der Waals surface area contributed by atoms with E-state index in [1.165, 1.54) is 0 Å². The number of benzene rings is 1. The zero-order valence-corrected chi connectivity index (χ0v) is 12.4. The van der Waals surface area contributed by atoms with Crippen LogP contribution in [0.15, 0.2) is 24.3 Å². The van der Waals surface area contributed by atoms with Crippen LogP contribution < -0.4 is 0 Å². The number of carbonyl (C=O) groups is 1. The summed E-state index contributed by atoms with van der Waals surface area (Å²) < 4.78 is 5.26. The van der Waals surface area contributed by atoms with Crippen molar-refractivity contribution < 1.29 is 9.53 Å². The minimum Gasteiger partial charge on any atom is -0.378 e. The van der Waals surface area contributed by atoms with Gasteiger partial charge in [0.1, 0.15) is 0 Å². The van der Waals surface area contributed by atoms with Crippen LogP contribution in [0.1, 0.15) is 27.6 Å². The third-order valence-electron chi connectivity index (χ3n) is 3.36. The molecule has 20 heavy (non-hydrogen) atoms. The number of ether oxygens (including phenoxy) is 1. The third-order valence-corrected chi connectivity index (χ3v) is 4.37. The molecule has 0 saturated carbocycles. The van der Waals surface area contributed by atoms with Crippen molar-refractivity contribution in [3.8, 4) is 6.07 Å². The first-order chi connectivity index (χ1) is 9.76. The Kier molecular flexibility index (Phi) is 5.45. The SMILES string of the molecule is CSC(CC#N)c1cccc(C(=O)N2CCOCC2)c1. The van der Waals surface area contributed by atoms with Crippen molar-refractivity contribution in [1.29, 1.82) is 5.26 Å². The van der Waals surface area contributed by atoms with Crippen molar-refractivity contribution in [2.24, 2.45) is 0 Å². The van der Waals surface area contributed by atoms with Crippen LogP contribution in [-0.2, 0) is 4.74 Å². The van der Waals surface area contributed by atoms with Crippen molar-refractivity contribution in [2.75, 3.05) is 32.6 Å². The average Bonchev–Trinajstić information content (AvgIpc) is 2.53. The Morgan fingerprint density at radius 1 is 1.50 bits per heavy atom. The normalized spacial score (nSPS) is 16.5. The van der Waals surface area contributed by atoms with Gasteiger partial charge in [0.15, 0.2) is 0 Å². The maximum atomic E-state index is 12.4. The van der Waals surface area contributed by atoms with Gasteiger partial charge in [-0.2, -0.15) is 17.0 Å². The van der Waals surface area contributed by atoms with E-state index in [1.54, 1.807) is 11.8 Å². The zero-order chi connectivity index (χ0) is 14.4. The van der Waals surface area contributed by atoms with Gasteiger partial charge in [0.2, 0.25) is 0 Å². The van der Waals surface area contributed by atoms with Crippen molar-refractivity contribution >= 4 is 17.7 Å². The van der Waals surface area contributed by atoms with Gasteiger partial charge in [-0.05, 0) is 24.0 Å². The highest BCUT2D eigenvalue weighted by atomic mass is 32.2. The van der Waals surface area contributed by atoms with Crippen molar-refractivity contribution in [3.05, 3.63) is 35.4 Å². The molecule has 0 aromatic heterocycles. The quantitative estimate of drug-likeness (QED) is 0.855. The van der Waals surface area contributed by atoms with Crippen LogP contribution in [-0.4, -0.2) is 43.4 Å². The average molecular weight is 290 g/mol. The Labute approximate surface area is 123 Å². The topological polar surface area (TPSA) is 53.3 Å². The summed E-state index contributed by atoms with van der Waals surface area (Å²) in [6.45, 7) is 2.50. The maximum absolute atomic E-state index is 12.4. The van der Waals surface area contributed by atoms with Gasteiger partial charge in [0.25, 0.3) is 5.91 Å². The van der Waals surface area contributed by atoms with E-state index >= 15 is 0 Å². The molecule has 1 aromatic carbocycles. The number of nitrogens with zero attached hydrogens (tertiary/aromatic N) is 2. The first kappa shape index (κ1) is 14.9. The van der Waals surface area contributed by atoms with Crippen molar-refractivity contribution in [1.82, 2.24) is 4.90 Å². The van der Waals surface area contributed by atoms with Crippen LogP contribution in [0, 0.1) is 11.3 Å². The van der Waals surface area contributed by atoms with Crippen molar-refractivity contribution in [3.63, 3.8) is 0 Å². The summed E-state index contributed by atoms with van der Waals surface area (Å²) in [5.74, 6) is 0.0481. The molecule has 0 radical (unpaired) electrons. The number of thioether (sulfide) groups is 1. The van der Waals surface area contributed by atoms with E-state index in [1.807, 2.05) is 35.4 Å². The molecule has 5 heteroatoms. The summed E-state index contributed by atoms with van der Waals surface area (Å²) in [7, 11) is 0. The lowest BCUT2D eigenvalue weighted by Crippen LogP contribution is -2.40. The Morgan fingerprint density at radius 3 is 2.90 bits per heavy atom. The molecule has 2 rings (SSSR count). The zero-order valence-electron chi connectivity index (χ0n) is 11.5. The number of nitriles is 1. The summed E-state index contributed by atoms with van der Waals surface area (Å²) >= 11 is 1.64. The first-order valence-corrected chi connectivity index (χ1v) is 7.91. The van der Waals surface area contributed by atoms with Crippen LogP contribution in [0.2, 0.25) is 0 Å². The molecule has 1 saturated heterocycles. The third kappa shape index (κ3) is 3.53. The summed E-state index contributed by atoms with van der Waals surface area (Å²) in [4.78, 5) is 14.2. The largest absolute Gasteiger partial charge is 0.378 e. The van der Waals surface area contributed by atoms with Crippen LogP contribution in [0.5, 0.6) is 0 Å². The fourth-order valence-electron chi connectivity index (χ4n) is 2.24. The minimum absolute atomic E-state index is 0.0481. The van der Waals surface area contributed by atoms with Crippen LogP contribution in [0.4, 0.5) is 0 Å². The number of carbonyl (C=O) groups excluding carboxylic acids is 1. The summed E-state index contributed by atoms with van der Waals surface area (Å²) in [5.41, 5.74) is 1.74. The molecule has 1 atom stereocenters. The minimum atomic E-state index is 0.0481. The van der Waals surface area contributed by atoms with Gasteiger partial charge >= 0.3 is 0 Å². The molecule has 1 unspecified atom stereocenters. The van der Waals surface area contributed by atoms with Crippen LogP contribution in [0.25, 0.3) is 0 Å². The smallest absolute Gasteiger partial charge is 0.254 e. The fourth-order valence-corrected chi connectivity index (χ4v) is 2.90. The molecule has 1 aliphatic rings. The van der Waals surface area contributed by atoms with Gasteiger partial charge in [0.05, 0.1) is 25.7 Å². The molecular weight excluding hydrogens is 272 g/mol. The predicted octanol–water partition coefficient (Wildman–Crippen LogP) is 2.48. The van der Waals surface area contributed by atoms with Gasteiger partial charge in [-0.25, -0.2) is 0 Å². The summed E-state index contributed by atoms with van der Waals surface area (Å²) in [5, 5.41) is 8.98. The summed E-state index contributed by atoms with van der Waals surface area (Å²) in [6.07, 6.45) is 2.44. The molecule has 0 bridgehead atoms. The molecule has 0 N–H and O–H groups in total. The molecule has 106 valence electrons. The Bertz CT molecular complexity index is 507. The molecule has 1 heterocycles. The van der Waals surface area contributed by atoms with Gasteiger partial charge in [-0.3, -0.25) is 4.79 Å². The lowest BCUT2D eigenvalue weighted by atomic mass is 10.1. The number of hydrogen-bond donors (Lipinski definition) is 0. The van der Waals surface area contributed by atoms with Gasteiger partial charge < -0.3 is 9.64 Å². The fraction of sp³-hybridized carbons (Fsp3) is 0.467. The molecular formula is C15H18N2O2S. The van der Waals surface area contributed by atoms with E-state index in [2.05, 4.69) is 6.07 Å². The van der Waals surface area contributed by atoms with E-state index in [-0.39, 0.29) is 11.2 Å². The lowest BCUT2D eigenvalue weighted by Gasteiger charge is -2.27. The second-order valence-corrected chi connectivity index (χ2v) is 5.66. The number of rotatable bonds is 4.